The van der Waals surface area contributed by atoms with Gasteiger partial charge in [-0.2, -0.15) is 0 Å². The van der Waals surface area contributed by atoms with E-state index in [0.717, 1.165) is 0 Å². The average molecular weight is 285 g/mol. The van der Waals surface area contributed by atoms with Crippen LogP contribution in [-0.2, 0) is 14.3 Å². The smallest absolute Gasteiger partial charge is 0.332 e. The van der Waals surface area contributed by atoms with Gasteiger partial charge in [0, 0.05) is 26.7 Å². The van der Waals surface area contributed by atoms with Crippen molar-refractivity contribution in [1.82, 2.24) is 15.1 Å². The first-order valence-electron chi connectivity index (χ1n) is 6.62. The number of carbonyl (C=O) groups excluding carboxylic acids is 2. The van der Waals surface area contributed by atoms with Crippen molar-refractivity contribution in [2.24, 2.45) is 0 Å². The first-order chi connectivity index (χ1) is 9.47. The maximum Gasteiger partial charge on any atom is 0.332 e. The topological polar surface area (TPSA) is 99.2 Å². The molecule has 2 fully saturated rings. The molecule has 0 bridgehead atoms. The van der Waals surface area contributed by atoms with Crippen LogP contribution in [0.3, 0.4) is 0 Å². The van der Waals surface area contributed by atoms with Crippen molar-refractivity contribution >= 4 is 17.9 Å². The monoisotopic (exact) mass is 285 g/mol. The zero-order chi connectivity index (χ0) is 14.7. The SMILES string of the molecule is CN1CCN(C(=O)NCC2CCC(C(=O)O)O2)CC1=O. The van der Waals surface area contributed by atoms with Gasteiger partial charge in [0.05, 0.1) is 6.10 Å². The van der Waals surface area contributed by atoms with Crippen LogP contribution in [-0.4, -0.2) is 78.2 Å². The van der Waals surface area contributed by atoms with Gasteiger partial charge in [-0.15, -0.1) is 0 Å². The summed E-state index contributed by atoms with van der Waals surface area (Å²) in [5.74, 6) is -1.06. The van der Waals surface area contributed by atoms with Gasteiger partial charge in [-0.05, 0) is 12.8 Å². The van der Waals surface area contributed by atoms with Crippen molar-refractivity contribution in [3.8, 4) is 0 Å². The first kappa shape index (κ1) is 14.6. The summed E-state index contributed by atoms with van der Waals surface area (Å²) in [6, 6.07) is -0.311. The fourth-order valence-electron chi connectivity index (χ4n) is 2.28. The van der Waals surface area contributed by atoms with E-state index in [9.17, 15) is 14.4 Å². The normalized spacial score (nSPS) is 26.8. The molecule has 2 unspecified atom stereocenters. The van der Waals surface area contributed by atoms with E-state index in [4.69, 9.17) is 9.84 Å². The molecule has 3 amide bonds. The molecular formula is C12H19N3O5. The summed E-state index contributed by atoms with van der Waals surface area (Å²) >= 11 is 0. The van der Waals surface area contributed by atoms with Crippen molar-refractivity contribution < 1.29 is 24.2 Å². The molecule has 2 aliphatic heterocycles. The van der Waals surface area contributed by atoms with Gasteiger partial charge < -0.3 is 25.0 Å². The molecule has 20 heavy (non-hydrogen) atoms. The number of hydrogen-bond donors (Lipinski definition) is 2. The predicted octanol–water partition coefficient (Wildman–Crippen LogP) is -0.898. The van der Waals surface area contributed by atoms with E-state index >= 15 is 0 Å². The molecule has 0 aromatic carbocycles. The van der Waals surface area contributed by atoms with Crippen LogP contribution in [0.15, 0.2) is 0 Å². The number of piperazine rings is 1. The van der Waals surface area contributed by atoms with Gasteiger partial charge in [0.2, 0.25) is 5.91 Å². The molecule has 8 heteroatoms. The Hall–Kier alpha value is -1.83. The Morgan fingerprint density at radius 2 is 2.15 bits per heavy atom. The van der Waals surface area contributed by atoms with Crippen LogP contribution in [0, 0.1) is 0 Å². The van der Waals surface area contributed by atoms with Crippen LogP contribution in [0.5, 0.6) is 0 Å². The highest BCUT2D eigenvalue weighted by atomic mass is 16.5. The number of hydrogen-bond acceptors (Lipinski definition) is 4. The fraction of sp³-hybridized carbons (Fsp3) is 0.750. The third kappa shape index (κ3) is 3.38. The largest absolute Gasteiger partial charge is 0.479 e. The van der Waals surface area contributed by atoms with Gasteiger partial charge in [-0.1, -0.05) is 0 Å². The number of likely N-dealkylation sites (N-methyl/N-ethyl adjacent to an activating group) is 1. The lowest BCUT2D eigenvalue weighted by Crippen LogP contribution is -2.54. The van der Waals surface area contributed by atoms with Crippen LogP contribution in [0.1, 0.15) is 12.8 Å². The number of rotatable bonds is 3. The lowest BCUT2D eigenvalue weighted by Gasteiger charge is -2.32. The Kier molecular flexibility index (Phi) is 4.43. The van der Waals surface area contributed by atoms with E-state index < -0.39 is 12.1 Å². The van der Waals surface area contributed by atoms with Gasteiger partial charge in [-0.25, -0.2) is 9.59 Å². The highest BCUT2D eigenvalue weighted by Crippen LogP contribution is 2.19. The van der Waals surface area contributed by atoms with Crippen molar-refractivity contribution in [3.63, 3.8) is 0 Å². The van der Waals surface area contributed by atoms with E-state index in [1.165, 1.54) is 4.90 Å². The molecule has 0 saturated carbocycles. The highest BCUT2D eigenvalue weighted by Gasteiger charge is 2.31. The molecule has 0 radical (unpaired) electrons. The van der Waals surface area contributed by atoms with Gasteiger partial charge in [-0.3, -0.25) is 4.79 Å². The van der Waals surface area contributed by atoms with Crippen LogP contribution < -0.4 is 5.32 Å². The molecule has 2 aliphatic rings. The van der Waals surface area contributed by atoms with Crippen LogP contribution >= 0.6 is 0 Å². The third-order valence-corrected chi connectivity index (χ3v) is 3.61. The maximum absolute atomic E-state index is 11.9. The summed E-state index contributed by atoms with van der Waals surface area (Å²) in [6.45, 7) is 1.36. The van der Waals surface area contributed by atoms with E-state index in [1.54, 1.807) is 11.9 Å². The number of urea groups is 1. The minimum absolute atomic E-state index is 0.0750. The van der Waals surface area contributed by atoms with E-state index in [2.05, 4.69) is 5.32 Å². The number of aliphatic carboxylic acids is 1. The number of carbonyl (C=O) groups is 3. The summed E-state index contributed by atoms with van der Waals surface area (Å²) in [6.07, 6.45) is 0.0206. The minimum Gasteiger partial charge on any atom is -0.479 e. The number of nitrogens with one attached hydrogen (secondary N) is 1. The number of ether oxygens (including phenoxy) is 1. The molecule has 8 nitrogen and oxygen atoms in total. The second-order valence-corrected chi connectivity index (χ2v) is 5.09. The second kappa shape index (κ2) is 6.08. The van der Waals surface area contributed by atoms with E-state index in [0.29, 0.717) is 25.9 Å². The lowest BCUT2D eigenvalue weighted by atomic mass is 10.2. The Bertz CT molecular complexity index is 414. The maximum atomic E-state index is 11.9. The molecule has 2 N–H and O–H groups in total. The van der Waals surface area contributed by atoms with Gasteiger partial charge in [0.25, 0.3) is 0 Å². The number of carboxylic acids is 1. The molecule has 0 spiro atoms. The average Bonchev–Trinajstić information content (AvgIpc) is 2.88. The standard InChI is InChI=1S/C12H19N3O5/c1-14-4-5-15(7-10(14)16)12(19)13-6-8-2-3-9(20-8)11(17)18/h8-9H,2-7H2,1H3,(H,13,19)(H,17,18). The van der Waals surface area contributed by atoms with Crippen molar-refractivity contribution in [3.05, 3.63) is 0 Å². The molecule has 2 rings (SSSR count). The fourth-order valence-corrected chi connectivity index (χ4v) is 2.28. The van der Waals surface area contributed by atoms with Gasteiger partial charge in [0.1, 0.15) is 6.54 Å². The summed E-state index contributed by atoms with van der Waals surface area (Å²) < 4.78 is 5.29. The molecular weight excluding hydrogens is 266 g/mol. The Morgan fingerprint density at radius 3 is 2.75 bits per heavy atom. The molecule has 0 aromatic rings. The van der Waals surface area contributed by atoms with Crippen LogP contribution in [0.4, 0.5) is 4.79 Å². The summed E-state index contributed by atoms with van der Waals surface area (Å²) in [5, 5.41) is 11.5. The Labute approximate surface area is 116 Å². The zero-order valence-corrected chi connectivity index (χ0v) is 11.4. The predicted molar refractivity (Wildman–Crippen MR) is 68.1 cm³/mol. The van der Waals surface area contributed by atoms with Crippen LogP contribution in [0.2, 0.25) is 0 Å². The summed E-state index contributed by atoms with van der Waals surface area (Å²) in [5.41, 5.74) is 0. The number of nitrogens with zero attached hydrogens (tertiary/aromatic N) is 2. The quantitative estimate of drug-likeness (QED) is 0.700. The van der Waals surface area contributed by atoms with Crippen LogP contribution in [0.25, 0.3) is 0 Å². The second-order valence-electron chi connectivity index (χ2n) is 5.09. The Morgan fingerprint density at radius 1 is 1.40 bits per heavy atom. The van der Waals surface area contributed by atoms with E-state index in [1.807, 2.05) is 0 Å². The van der Waals surface area contributed by atoms with E-state index in [-0.39, 0.29) is 31.1 Å². The molecule has 2 saturated heterocycles. The van der Waals surface area contributed by atoms with Crippen molar-refractivity contribution in [1.29, 1.82) is 0 Å². The van der Waals surface area contributed by atoms with Crippen molar-refractivity contribution in [2.75, 3.05) is 33.2 Å². The first-order valence-corrected chi connectivity index (χ1v) is 6.62. The van der Waals surface area contributed by atoms with Gasteiger partial charge in [0.15, 0.2) is 6.10 Å². The van der Waals surface area contributed by atoms with Gasteiger partial charge >= 0.3 is 12.0 Å². The Balaban J connectivity index is 1.73. The lowest BCUT2D eigenvalue weighted by molar-refractivity contribution is -0.149. The number of amides is 3. The zero-order valence-electron chi connectivity index (χ0n) is 11.4. The van der Waals surface area contributed by atoms with Crippen molar-refractivity contribution in [2.45, 2.75) is 25.0 Å². The molecule has 2 heterocycles. The summed E-state index contributed by atoms with van der Waals surface area (Å²) in [7, 11) is 1.70. The number of carboxylic acid groups (broad SMARTS) is 1. The molecule has 2 atom stereocenters. The molecule has 112 valence electrons. The highest BCUT2D eigenvalue weighted by molar-refractivity contribution is 5.85. The minimum atomic E-state index is -0.969. The third-order valence-electron chi connectivity index (χ3n) is 3.61. The molecule has 0 aromatic heterocycles. The summed E-state index contributed by atoms with van der Waals surface area (Å²) in [4.78, 5) is 37.2. The molecule has 0 aliphatic carbocycles.